The molecule has 10 heteroatoms. The number of carbonyl (C=O) groups is 1. The minimum atomic E-state index is -3.79. The fourth-order valence-corrected chi connectivity index (χ4v) is 5.26. The number of hydrogen-bond acceptors (Lipinski definition) is 7. The first-order chi connectivity index (χ1) is 16.5. The summed E-state index contributed by atoms with van der Waals surface area (Å²) < 4.78 is 39.4. The van der Waals surface area contributed by atoms with Gasteiger partial charge in [-0.05, 0) is 43.3 Å². The summed E-state index contributed by atoms with van der Waals surface area (Å²) >= 11 is 0. The van der Waals surface area contributed by atoms with Crippen molar-refractivity contribution in [1.29, 1.82) is 0 Å². The molecule has 3 atom stereocenters. The second-order valence-electron chi connectivity index (χ2n) is 9.13. The first-order valence-electron chi connectivity index (χ1n) is 11.5. The Morgan fingerprint density at radius 2 is 1.83 bits per heavy atom. The number of benzene rings is 2. The van der Waals surface area contributed by atoms with Crippen LogP contribution in [0.5, 0.6) is 11.5 Å². The fourth-order valence-electron chi connectivity index (χ4n) is 4.08. The maximum atomic E-state index is 13.4. The van der Waals surface area contributed by atoms with Crippen molar-refractivity contribution in [2.75, 3.05) is 52.8 Å². The Morgan fingerprint density at radius 1 is 1.17 bits per heavy atom. The van der Waals surface area contributed by atoms with Gasteiger partial charge in [0.2, 0.25) is 10.0 Å². The van der Waals surface area contributed by atoms with Gasteiger partial charge in [0.15, 0.2) is 5.75 Å². The van der Waals surface area contributed by atoms with Gasteiger partial charge in [0, 0.05) is 33.6 Å². The van der Waals surface area contributed by atoms with Gasteiger partial charge in [0.25, 0.3) is 5.91 Å². The average molecular weight is 506 g/mol. The van der Waals surface area contributed by atoms with Gasteiger partial charge < -0.3 is 24.4 Å². The number of anilines is 1. The minimum Gasteiger partial charge on any atom is -0.497 e. The standard InChI is InChI=1S/C25H35N3O6S/c1-17-14-28(18(2)16-29)25(30)21-8-7-9-22(26(3)4)24(21)34-23(17)15-27(5)35(31,32)20-12-10-19(33-6)11-13-20/h7-13,17-18,23,29H,14-16H2,1-6H3/t17-,18-,23-/m0/s1. The predicted molar refractivity (Wildman–Crippen MR) is 135 cm³/mol. The molecule has 0 bridgehead atoms. The highest BCUT2D eigenvalue weighted by Gasteiger charge is 2.36. The molecular weight excluding hydrogens is 470 g/mol. The Labute approximate surface area is 207 Å². The van der Waals surface area contributed by atoms with Gasteiger partial charge in [-0.1, -0.05) is 13.0 Å². The van der Waals surface area contributed by atoms with Gasteiger partial charge in [-0.25, -0.2) is 8.42 Å². The van der Waals surface area contributed by atoms with Gasteiger partial charge >= 0.3 is 0 Å². The molecule has 0 fully saturated rings. The zero-order valence-corrected chi connectivity index (χ0v) is 21.9. The highest BCUT2D eigenvalue weighted by molar-refractivity contribution is 7.89. The summed E-state index contributed by atoms with van der Waals surface area (Å²) in [6.07, 6.45) is -0.547. The normalized spacial score (nSPS) is 19.4. The lowest BCUT2D eigenvalue weighted by Crippen LogP contribution is -2.50. The zero-order valence-electron chi connectivity index (χ0n) is 21.1. The number of fused-ring (bicyclic) bond motifs is 1. The third-order valence-electron chi connectivity index (χ3n) is 6.36. The fraction of sp³-hybridized carbons (Fsp3) is 0.480. The number of ether oxygens (including phenoxy) is 2. The molecule has 35 heavy (non-hydrogen) atoms. The highest BCUT2D eigenvalue weighted by Crippen LogP contribution is 2.36. The van der Waals surface area contributed by atoms with Crippen molar-refractivity contribution in [2.24, 2.45) is 5.92 Å². The summed E-state index contributed by atoms with van der Waals surface area (Å²) in [6, 6.07) is 11.2. The predicted octanol–water partition coefficient (Wildman–Crippen LogP) is 2.30. The Hall–Kier alpha value is -2.82. The van der Waals surface area contributed by atoms with Crippen LogP contribution in [0, 0.1) is 5.92 Å². The van der Waals surface area contributed by atoms with Crippen LogP contribution in [0.1, 0.15) is 24.2 Å². The van der Waals surface area contributed by atoms with Crippen molar-refractivity contribution in [2.45, 2.75) is 30.9 Å². The molecule has 3 rings (SSSR count). The van der Waals surface area contributed by atoms with Crippen molar-refractivity contribution in [3.8, 4) is 11.5 Å². The SMILES string of the molecule is COc1ccc(S(=O)(=O)N(C)C[C@@H]2Oc3c(cccc3N(C)C)C(=O)N([C@@H](C)CO)C[C@@H]2C)cc1. The van der Waals surface area contributed by atoms with E-state index in [-0.39, 0.29) is 29.9 Å². The lowest BCUT2D eigenvalue weighted by molar-refractivity contribution is 0.0388. The smallest absolute Gasteiger partial charge is 0.258 e. The average Bonchev–Trinajstić information content (AvgIpc) is 2.84. The summed E-state index contributed by atoms with van der Waals surface area (Å²) in [5, 5.41) is 9.80. The number of methoxy groups -OCH3 is 1. The highest BCUT2D eigenvalue weighted by atomic mass is 32.2. The van der Waals surface area contributed by atoms with E-state index in [1.165, 1.54) is 30.6 Å². The van der Waals surface area contributed by atoms with Crippen molar-refractivity contribution in [3.63, 3.8) is 0 Å². The van der Waals surface area contributed by atoms with Gasteiger partial charge in [-0.3, -0.25) is 4.79 Å². The van der Waals surface area contributed by atoms with Crippen LogP contribution in [0.25, 0.3) is 0 Å². The van der Waals surface area contributed by atoms with E-state index in [1.54, 1.807) is 36.1 Å². The molecule has 0 aromatic heterocycles. The number of carbonyl (C=O) groups excluding carboxylic acids is 1. The number of rotatable bonds is 8. The summed E-state index contributed by atoms with van der Waals surface area (Å²) in [5.74, 6) is 0.531. The van der Waals surface area contributed by atoms with Gasteiger partial charge in [-0.2, -0.15) is 4.31 Å². The van der Waals surface area contributed by atoms with Crippen molar-refractivity contribution < 1.29 is 27.8 Å². The van der Waals surface area contributed by atoms with E-state index in [9.17, 15) is 18.3 Å². The number of hydrogen-bond donors (Lipinski definition) is 1. The van der Waals surface area contributed by atoms with Crippen molar-refractivity contribution in [3.05, 3.63) is 48.0 Å². The molecule has 0 saturated heterocycles. The Bertz CT molecular complexity index is 1140. The number of aliphatic hydroxyl groups is 1. The molecule has 2 aromatic rings. The topological polar surface area (TPSA) is 99.6 Å². The van der Waals surface area contributed by atoms with Crippen LogP contribution in [0.15, 0.2) is 47.4 Å². The van der Waals surface area contributed by atoms with Gasteiger partial charge in [-0.15, -0.1) is 0 Å². The van der Waals surface area contributed by atoms with E-state index in [4.69, 9.17) is 9.47 Å². The second-order valence-corrected chi connectivity index (χ2v) is 11.2. The van der Waals surface area contributed by atoms with E-state index in [0.717, 1.165) is 0 Å². The van der Waals surface area contributed by atoms with Crippen molar-refractivity contribution in [1.82, 2.24) is 9.21 Å². The molecule has 9 nitrogen and oxygen atoms in total. The van der Waals surface area contributed by atoms with Crippen LogP contribution in [0.3, 0.4) is 0 Å². The van der Waals surface area contributed by atoms with Crippen LogP contribution in [0.4, 0.5) is 5.69 Å². The molecule has 192 valence electrons. The molecule has 0 unspecified atom stereocenters. The molecular formula is C25H35N3O6S. The van der Waals surface area contributed by atoms with Crippen LogP contribution in [-0.4, -0.2) is 88.7 Å². The summed E-state index contributed by atoms with van der Waals surface area (Å²) in [4.78, 5) is 17.1. The quantitative estimate of drug-likeness (QED) is 0.588. The third-order valence-corrected chi connectivity index (χ3v) is 8.19. The van der Waals surface area contributed by atoms with E-state index in [2.05, 4.69) is 0 Å². The molecule has 2 aromatic carbocycles. The number of amides is 1. The summed E-state index contributed by atoms with van der Waals surface area (Å²) in [5.41, 5.74) is 1.10. The van der Waals surface area contributed by atoms with E-state index in [1.807, 2.05) is 32.0 Å². The minimum absolute atomic E-state index is 0.0757. The number of likely N-dealkylation sites (N-methyl/N-ethyl adjacent to an activating group) is 1. The Kier molecular flexibility index (Phi) is 8.30. The zero-order chi connectivity index (χ0) is 25.9. The monoisotopic (exact) mass is 505 g/mol. The van der Waals surface area contributed by atoms with Crippen LogP contribution >= 0.6 is 0 Å². The van der Waals surface area contributed by atoms with Crippen LogP contribution in [0.2, 0.25) is 0 Å². The number of sulfonamides is 1. The molecule has 0 saturated carbocycles. The second kappa shape index (κ2) is 10.8. The number of nitrogens with zero attached hydrogens (tertiary/aromatic N) is 3. The number of para-hydroxylation sites is 1. The van der Waals surface area contributed by atoms with E-state index >= 15 is 0 Å². The molecule has 1 aliphatic rings. The maximum absolute atomic E-state index is 13.4. The number of aliphatic hydroxyl groups excluding tert-OH is 1. The van der Waals surface area contributed by atoms with Gasteiger partial charge in [0.05, 0.1) is 42.4 Å². The van der Waals surface area contributed by atoms with Crippen molar-refractivity contribution >= 4 is 21.6 Å². The van der Waals surface area contributed by atoms with Crippen LogP contribution < -0.4 is 14.4 Å². The molecule has 0 aliphatic carbocycles. The van der Waals surface area contributed by atoms with E-state index in [0.29, 0.717) is 29.3 Å². The summed E-state index contributed by atoms with van der Waals surface area (Å²) in [7, 11) is 2.96. The Morgan fingerprint density at radius 3 is 2.40 bits per heavy atom. The molecule has 1 heterocycles. The molecule has 0 spiro atoms. The largest absolute Gasteiger partial charge is 0.497 e. The Balaban J connectivity index is 2.00. The molecule has 1 aliphatic heterocycles. The molecule has 0 radical (unpaired) electrons. The van der Waals surface area contributed by atoms with E-state index < -0.39 is 22.2 Å². The third kappa shape index (κ3) is 5.55. The van der Waals surface area contributed by atoms with Gasteiger partial charge in [0.1, 0.15) is 11.9 Å². The summed E-state index contributed by atoms with van der Waals surface area (Å²) in [6.45, 7) is 3.92. The lowest BCUT2D eigenvalue weighted by Gasteiger charge is -2.38. The first-order valence-corrected chi connectivity index (χ1v) is 12.9. The molecule has 1 amide bonds. The maximum Gasteiger partial charge on any atom is 0.258 e. The first kappa shape index (κ1) is 26.8. The lowest BCUT2D eigenvalue weighted by atomic mass is 9.99. The molecule has 1 N–H and O–H groups in total. The van der Waals surface area contributed by atoms with Crippen LogP contribution in [-0.2, 0) is 10.0 Å².